The molecule has 1 aliphatic rings. The third kappa shape index (κ3) is 1.78. The molecular weight excluding hydrogens is 192 g/mol. The van der Waals surface area contributed by atoms with E-state index in [0.29, 0.717) is 0 Å². The van der Waals surface area contributed by atoms with Crippen LogP contribution in [-0.4, -0.2) is 57.9 Å². The number of hydrogen-bond donors (Lipinski definition) is 4. The lowest BCUT2D eigenvalue weighted by atomic mass is 9.89. The number of methoxy groups -OCH3 is 1. The number of carbonyl (C=O) groups excluding carboxylic acids is 1. The highest BCUT2D eigenvalue weighted by atomic mass is 16.5. The first kappa shape index (κ1) is 11.1. The molecule has 0 heterocycles. The maximum atomic E-state index is 11.0. The fourth-order valence-electron chi connectivity index (χ4n) is 1.26. The molecule has 0 bridgehead atoms. The van der Waals surface area contributed by atoms with Gasteiger partial charge in [0.15, 0.2) is 0 Å². The van der Waals surface area contributed by atoms with E-state index in [9.17, 15) is 20.1 Å². The summed E-state index contributed by atoms with van der Waals surface area (Å²) < 4.78 is 4.32. The summed E-state index contributed by atoms with van der Waals surface area (Å²) in [7, 11) is 1.11. The molecule has 4 N–H and O–H groups in total. The Bertz CT molecular complexity index is 261. The average molecular weight is 204 g/mol. The Morgan fingerprint density at radius 2 is 1.86 bits per heavy atom. The van der Waals surface area contributed by atoms with Crippen LogP contribution in [0.15, 0.2) is 11.6 Å². The number of esters is 1. The zero-order chi connectivity index (χ0) is 10.9. The first-order valence-electron chi connectivity index (χ1n) is 4.01. The largest absolute Gasteiger partial charge is 0.466 e. The van der Waals surface area contributed by atoms with Gasteiger partial charge in [0.2, 0.25) is 0 Å². The highest BCUT2D eigenvalue weighted by Gasteiger charge is 2.39. The smallest absolute Gasteiger partial charge is 0.336 e. The van der Waals surface area contributed by atoms with Crippen molar-refractivity contribution in [2.75, 3.05) is 7.11 Å². The van der Waals surface area contributed by atoms with Crippen molar-refractivity contribution >= 4 is 5.97 Å². The summed E-state index contributed by atoms with van der Waals surface area (Å²) in [5.74, 6) is -0.845. The van der Waals surface area contributed by atoms with Crippen molar-refractivity contribution in [3.63, 3.8) is 0 Å². The highest BCUT2D eigenvalue weighted by Crippen LogP contribution is 2.20. The van der Waals surface area contributed by atoms with Crippen molar-refractivity contribution in [2.45, 2.75) is 24.4 Å². The molecule has 0 fully saturated rings. The van der Waals surface area contributed by atoms with Gasteiger partial charge in [0.1, 0.15) is 24.4 Å². The predicted molar refractivity (Wildman–Crippen MR) is 44.1 cm³/mol. The second-order valence-electron chi connectivity index (χ2n) is 3.03. The van der Waals surface area contributed by atoms with Crippen molar-refractivity contribution in [2.24, 2.45) is 0 Å². The van der Waals surface area contributed by atoms with E-state index < -0.39 is 30.4 Å². The Morgan fingerprint density at radius 1 is 1.29 bits per heavy atom. The topological polar surface area (TPSA) is 107 Å². The van der Waals surface area contributed by atoms with Crippen LogP contribution >= 0.6 is 0 Å². The van der Waals surface area contributed by atoms with Gasteiger partial charge < -0.3 is 25.2 Å². The number of hydrogen-bond acceptors (Lipinski definition) is 6. The van der Waals surface area contributed by atoms with E-state index in [1.54, 1.807) is 0 Å². The van der Waals surface area contributed by atoms with Crippen LogP contribution in [0.5, 0.6) is 0 Å². The zero-order valence-corrected chi connectivity index (χ0v) is 7.49. The van der Waals surface area contributed by atoms with E-state index in [-0.39, 0.29) is 5.57 Å². The van der Waals surface area contributed by atoms with Gasteiger partial charge in [0.25, 0.3) is 0 Å². The number of carbonyl (C=O) groups is 1. The number of ether oxygens (including phenoxy) is 1. The van der Waals surface area contributed by atoms with E-state index in [1.807, 2.05) is 0 Å². The lowest BCUT2D eigenvalue weighted by Gasteiger charge is -2.30. The van der Waals surface area contributed by atoms with Crippen molar-refractivity contribution < 1.29 is 30.0 Å². The van der Waals surface area contributed by atoms with E-state index in [4.69, 9.17) is 5.11 Å². The Hall–Kier alpha value is -0.950. The molecule has 1 rings (SSSR count). The summed E-state index contributed by atoms with van der Waals surface area (Å²) in [6.45, 7) is 0. The SMILES string of the molecule is COC(=O)C1=C[C@@H](O)[C@H](O)[C@H](O)[C@@H]1O. The summed E-state index contributed by atoms with van der Waals surface area (Å²) >= 11 is 0. The second kappa shape index (κ2) is 4.05. The number of rotatable bonds is 1. The second-order valence-corrected chi connectivity index (χ2v) is 3.03. The highest BCUT2D eigenvalue weighted by molar-refractivity contribution is 5.90. The van der Waals surface area contributed by atoms with Gasteiger partial charge in [-0.05, 0) is 6.08 Å². The van der Waals surface area contributed by atoms with Crippen molar-refractivity contribution in [3.05, 3.63) is 11.6 Å². The van der Waals surface area contributed by atoms with E-state index in [0.717, 1.165) is 13.2 Å². The Labute approximate surface area is 80.1 Å². The number of aliphatic hydroxyl groups excluding tert-OH is 4. The Kier molecular flexibility index (Phi) is 3.22. The molecule has 0 saturated carbocycles. The van der Waals surface area contributed by atoms with Crippen LogP contribution < -0.4 is 0 Å². The molecule has 0 unspecified atom stereocenters. The summed E-state index contributed by atoms with van der Waals surface area (Å²) in [5.41, 5.74) is -0.252. The molecule has 0 aliphatic heterocycles. The molecule has 0 aromatic heterocycles. The number of aliphatic hydroxyl groups is 4. The molecular formula is C8H12O6. The van der Waals surface area contributed by atoms with Gasteiger partial charge in [-0.1, -0.05) is 0 Å². The third-order valence-electron chi connectivity index (χ3n) is 2.11. The molecule has 0 radical (unpaired) electrons. The van der Waals surface area contributed by atoms with Crippen LogP contribution in [-0.2, 0) is 9.53 Å². The van der Waals surface area contributed by atoms with Gasteiger partial charge >= 0.3 is 5.97 Å². The normalized spacial score (nSPS) is 37.6. The monoisotopic (exact) mass is 204 g/mol. The van der Waals surface area contributed by atoms with Gasteiger partial charge in [-0.25, -0.2) is 4.79 Å². The first-order chi connectivity index (χ1) is 6.49. The maximum absolute atomic E-state index is 11.0. The molecule has 1 aliphatic carbocycles. The van der Waals surface area contributed by atoms with E-state index in [2.05, 4.69) is 4.74 Å². The average Bonchev–Trinajstić information content (AvgIpc) is 2.19. The lowest BCUT2D eigenvalue weighted by Crippen LogP contribution is -2.49. The molecule has 0 amide bonds. The molecule has 6 nitrogen and oxygen atoms in total. The molecule has 0 spiro atoms. The van der Waals surface area contributed by atoms with E-state index in [1.165, 1.54) is 0 Å². The van der Waals surface area contributed by atoms with Gasteiger partial charge in [-0.3, -0.25) is 0 Å². The zero-order valence-electron chi connectivity index (χ0n) is 7.49. The lowest BCUT2D eigenvalue weighted by molar-refractivity contribution is -0.142. The third-order valence-corrected chi connectivity index (χ3v) is 2.11. The van der Waals surface area contributed by atoms with Crippen molar-refractivity contribution in [1.82, 2.24) is 0 Å². The summed E-state index contributed by atoms with van der Waals surface area (Å²) in [4.78, 5) is 11.0. The van der Waals surface area contributed by atoms with Crippen LogP contribution in [0.3, 0.4) is 0 Å². The molecule has 0 saturated heterocycles. The fraction of sp³-hybridized carbons (Fsp3) is 0.625. The Balaban J connectivity index is 2.95. The van der Waals surface area contributed by atoms with E-state index >= 15 is 0 Å². The molecule has 14 heavy (non-hydrogen) atoms. The van der Waals surface area contributed by atoms with Gasteiger partial charge in [0.05, 0.1) is 12.7 Å². The summed E-state index contributed by atoms with van der Waals surface area (Å²) in [5, 5.41) is 36.9. The minimum Gasteiger partial charge on any atom is -0.466 e. The van der Waals surface area contributed by atoms with Crippen molar-refractivity contribution in [3.8, 4) is 0 Å². The maximum Gasteiger partial charge on any atom is 0.336 e. The van der Waals surface area contributed by atoms with Crippen LogP contribution in [0.4, 0.5) is 0 Å². The van der Waals surface area contributed by atoms with Crippen LogP contribution in [0.1, 0.15) is 0 Å². The molecule has 0 aromatic carbocycles. The van der Waals surface area contributed by atoms with Gasteiger partial charge in [-0.15, -0.1) is 0 Å². The summed E-state index contributed by atoms with van der Waals surface area (Å²) in [6, 6.07) is 0. The van der Waals surface area contributed by atoms with Crippen LogP contribution in [0, 0.1) is 0 Å². The van der Waals surface area contributed by atoms with Gasteiger partial charge in [0, 0.05) is 0 Å². The van der Waals surface area contributed by atoms with Gasteiger partial charge in [-0.2, -0.15) is 0 Å². The molecule has 6 heteroatoms. The standard InChI is InChI=1S/C8H12O6/c1-14-8(13)3-2-4(9)6(11)7(12)5(3)10/h2,4-7,9-12H,1H3/t4-,5-,6+,7-/m1/s1. The molecule has 4 atom stereocenters. The van der Waals surface area contributed by atoms with Crippen LogP contribution in [0.2, 0.25) is 0 Å². The quantitative estimate of drug-likeness (QED) is 0.353. The predicted octanol–water partition coefficient (Wildman–Crippen LogP) is -2.46. The minimum atomic E-state index is -1.59. The summed E-state index contributed by atoms with van der Waals surface area (Å²) in [6.07, 6.45) is -5.06. The molecule has 80 valence electrons. The Morgan fingerprint density at radius 3 is 2.36 bits per heavy atom. The van der Waals surface area contributed by atoms with Crippen LogP contribution in [0.25, 0.3) is 0 Å². The minimum absolute atomic E-state index is 0.252. The van der Waals surface area contributed by atoms with Crippen molar-refractivity contribution in [1.29, 1.82) is 0 Å². The first-order valence-corrected chi connectivity index (χ1v) is 4.01. The molecule has 0 aromatic rings. The fourth-order valence-corrected chi connectivity index (χ4v) is 1.26.